The molecule has 0 rings (SSSR count). The van der Waals surface area contributed by atoms with Gasteiger partial charge in [0.15, 0.2) is 0 Å². The molecule has 0 aromatic heterocycles. The summed E-state index contributed by atoms with van der Waals surface area (Å²) in [5.74, 6) is -0.879. The zero-order valence-electron chi connectivity index (χ0n) is 20.0. The van der Waals surface area contributed by atoms with Crippen molar-refractivity contribution in [1.29, 1.82) is 0 Å². The van der Waals surface area contributed by atoms with Crippen molar-refractivity contribution in [3.8, 4) is 0 Å². The summed E-state index contributed by atoms with van der Waals surface area (Å²) in [6.07, 6.45) is 22.2. The van der Waals surface area contributed by atoms with E-state index in [0.29, 0.717) is 13.0 Å². The van der Waals surface area contributed by atoms with Crippen LogP contribution in [0.25, 0.3) is 0 Å². The summed E-state index contributed by atoms with van der Waals surface area (Å²) in [6, 6.07) is 0. The highest BCUT2D eigenvalue weighted by Gasteiger charge is 2.13. The van der Waals surface area contributed by atoms with Gasteiger partial charge >= 0.3 is 5.97 Å². The Morgan fingerprint density at radius 3 is 1.52 bits per heavy atom. The van der Waals surface area contributed by atoms with E-state index in [9.17, 15) is 14.4 Å². The quantitative estimate of drug-likeness (QED) is 0.109. The Morgan fingerprint density at radius 2 is 1.13 bits per heavy atom. The molecule has 6 nitrogen and oxygen atoms in total. The van der Waals surface area contributed by atoms with Crippen LogP contribution in [0.1, 0.15) is 129 Å². The molecule has 0 radical (unpaired) electrons. The summed E-state index contributed by atoms with van der Waals surface area (Å²) in [7, 11) is 0. The van der Waals surface area contributed by atoms with Crippen molar-refractivity contribution in [2.24, 2.45) is 0 Å². The third-order valence-electron chi connectivity index (χ3n) is 5.66. The maximum atomic E-state index is 12.2. The molecular formula is C25H48N2O4. The molecule has 0 bridgehead atoms. The summed E-state index contributed by atoms with van der Waals surface area (Å²) < 4.78 is 0. The molecule has 2 N–H and O–H groups in total. The van der Waals surface area contributed by atoms with Crippen LogP contribution in [0.15, 0.2) is 0 Å². The van der Waals surface area contributed by atoms with E-state index < -0.39 is 5.97 Å². The second kappa shape index (κ2) is 23.2. The molecule has 0 unspecified atom stereocenters. The number of hydrazine groups is 1. The Balaban J connectivity index is 3.37. The first-order valence-electron chi connectivity index (χ1n) is 12.8. The van der Waals surface area contributed by atoms with Gasteiger partial charge in [-0.05, 0) is 12.8 Å². The van der Waals surface area contributed by atoms with Gasteiger partial charge in [-0.1, -0.05) is 96.8 Å². The van der Waals surface area contributed by atoms with Crippen molar-refractivity contribution in [2.75, 3.05) is 13.1 Å². The van der Waals surface area contributed by atoms with Gasteiger partial charge in [0, 0.05) is 25.9 Å². The fraction of sp³-hybridized carbons (Fsp3) is 0.880. The van der Waals surface area contributed by atoms with Crippen molar-refractivity contribution in [3.05, 3.63) is 0 Å². The number of rotatable bonds is 24. The summed E-state index contributed by atoms with van der Waals surface area (Å²) in [6.45, 7) is 2.75. The second-order valence-electron chi connectivity index (χ2n) is 8.56. The minimum Gasteiger partial charge on any atom is -0.481 e. The number of carboxylic acids is 1. The number of aldehydes is 1. The molecule has 0 spiro atoms. The average Bonchev–Trinajstić information content (AvgIpc) is 2.75. The SMILES string of the molecule is CCNN(CCC(=O)O)C(=O)CCCCCCCCCCCCCCCCCCC=O. The van der Waals surface area contributed by atoms with Crippen LogP contribution in [0.2, 0.25) is 0 Å². The molecule has 6 heteroatoms. The number of hydrogen-bond acceptors (Lipinski definition) is 4. The topological polar surface area (TPSA) is 86.7 Å². The summed E-state index contributed by atoms with van der Waals surface area (Å²) in [5.41, 5.74) is 2.96. The second-order valence-corrected chi connectivity index (χ2v) is 8.56. The Morgan fingerprint density at radius 1 is 0.710 bits per heavy atom. The Labute approximate surface area is 190 Å². The summed E-state index contributed by atoms with van der Waals surface area (Å²) >= 11 is 0. The van der Waals surface area contributed by atoms with Crippen LogP contribution in [0, 0.1) is 0 Å². The third kappa shape index (κ3) is 21.6. The minimum absolute atomic E-state index is 0.000924. The smallest absolute Gasteiger partial charge is 0.305 e. The Hall–Kier alpha value is -1.43. The fourth-order valence-electron chi connectivity index (χ4n) is 3.80. The van der Waals surface area contributed by atoms with Gasteiger partial charge in [-0.3, -0.25) is 14.6 Å². The van der Waals surface area contributed by atoms with E-state index >= 15 is 0 Å². The van der Waals surface area contributed by atoms with E-state index in [1.54, 1.807) is 0 Å². The molecule has 31 heavy (non-hydrogen) atoms. The normalized spacial score (nSPS) is 10.9. The number of nitrogens with one attached hydrogen (secondary N) is 1. The molecule has 0 saturated heterocycles. The highest BCUT2D eigenvalue weighted by molar-refractivity contribution is 5.76. The number of hydrogen-bond donors (Lipinski definition) is 2. The van der Waals surface area contributed by atoms with Gasteiger partial charge in [0.2, 0.25) is 5.91 Å². The number of carbonyl (C=O) groups excluding carboxylic acids is 2. The van der Waals surface area contributed by atoms with E-state index in [2.05, 4.69) is 5.43 Å². The van der Waals surface area contributed by atoms with Crippen LogP contribution in [-0.2, 0) is 14.4 Å². The largest absolute Gasteiger partial charge is 0.481 e. The van der Waals surface area contributed by atoms with Gasteiger partial charge in [-0.2, -0.15) is 0 Å². The predicted molar refractivity (Wildman–Crippen MR) is 127 cm³/mol. The molecule has 0 aromatic carbocycles. The lowest BCUT2D eigenvalue weighted by Crippen LogP contribution is -2.43. The molecule has 0 aliphatic rings. The molecule has 0 saturated carbocycles. The minimum atomic E-state index is -0.880. The summed E-state index contributed by atoms with van der Waals surface area (Å²) in [4.78, 5) is 33.1. The molecule has 0 aliphatic heterocycles. The molecule has 0 aromatic rings. The van der Waals surface area contributed by atoms with Crippen LogP contribution in [-0.4, -0.2) is 41.4 Å². The van der Waals surface area contributed by atoms with E-state index in [4.69, 9.17) is 5.11 Å². The highest BCUT2D eigenvalue weighted by Crippen LogP contribution is 2.14. The number of aliphatic carboxylic acids is 1. The summed E-state index contributed by atoms with van der Waals surface area (Å²) in [5, 5.41) is 10.2. The van der Waals surface area contributed by atoms with Crippen molar-refractivity contribution in [1.82, 2.24) is 10.4 Å². The van der Waals surface area contributed by atoms with Crippen LogP contribution in [0.5, 0.6) is 0 Å². The maximum Gasteiger partial charge on any atom is 0.305 e. The molecular weight excluding hydrogens is 392 g/mol. The van der Waals surface area contributed by atoms with Gasteiger partial charge < -0.3 is 9.90 Å². The zero-order chi connectivity index (χ0) is 23.0. The van der Waals surface area contributed by atoms with Gasteiger partial charge in [0.1, 0.15) is 6.29 Å². The van der Waals surface area contributed by atoms with Gasteiger partial charge in [-0.15, -0.1) is 0 Å². The number of unbranched alkanes of at least 4 members (excludes halogenated alkanes) is 16. The maximum absolute atomic E-state index is 12.2. The van der Waals surface area contributed by atoms with E-state index in [0.717, 1.165) is 32.0 Å². The van der Waals surface area contributed by atoms with E-state index in [1.807, 2.05) is 6.92 Å². The molecule has 0 aliphatic carbocycles. The molecule has 0 atom stereocenters. The van der Waals surface area contributed by atoms with Crippen LogP contribution < -0.4 is 5.43 Å². The third-order valence-corrected chi connectivity index (χ3v) is 5.66. The van der Waals surface area contributed by atoms with E-state index in [-0.39, 0.29) is 18.9 Å². The predicted octanol–water partition coefficient (Wildman–Crippen LogP) is 6.03. The number of carbonyl (C=O) groups is 3. The number of nitrogens with zero attached hydrogens (tertiary/aromatic N) is 1. The molecule has 182 valence electrons. The first kappa shape index (κ1) is 29.6. The lowest BCUT2D eigenvalue weighted by Gasteiger charge is -2.22. The fourth-order valence-corrected chi connectivity index (χ4v) is 3.80. The molecule has 1 amide bonds. The molecule has 0 heterocycles. The first-order valence-corrected chi connectivity index (χ1v) is 12.8. The van der Waals surface area contributed by atoms with Gasteiger partial charge in [0.25, 0.3) is 0 Å². The molecule has 0 fully saturated rings. The van der Waals surface area contributed by atoms with E-state index in [1.165, 1.54) is 88.5 Å². The van der Waals surface area contributed by atoms with Crippen molar-refractivity contribution in [2.45, 2.75) is 129 Å². The van der Waals surface area contributed by atoms with Crippen molar-refractivity contribution >= 4 is 18.2 Å². The van der Waals surface area contributed by atoms with Crippen LogP contribution >= 0.6 is 0 Å². The Kier molecular flexibility index (Phi) is 22.2. The van der Waals surface area contributed by atoms with Crippen molar-refractivity contribution in [3.63, 3.8) is 0 Å². The van der Waals surface area contributed by atoms with Crippen LogP contribution in [0.3, 0.4) is 0 Å². The Bertz CT molecular complexity index is 443. The number of carboxylic acid groups (broad SMARTS) is 1. The van der Waals surface area contributed by atoms with Gasteiger partial charge in [-0.25, -0.2) is 5.43 Å². The zero-order valence-corrected chi connectivity index (χ0v) is 20.0. The lowest BCUT2D eigenvalue weighted by molar-refractivity contribution is -0.139. The first-order chi connectivity index (χ1) is 15.1. The van der Waals surface area contributed by atoms with Gasteiger partial charge in [0.05, 0.1) is 6.42 Å². The average molecular weight is 441 g/mol. The van der Waals surface area contributed by atoms with Crippen molar-refractivity contribution < 1.29 is 19.5 Å². The lowest BCUT2D eigenvalue weighted by atomic mass is 10.0. The number of amides is 1. The standard InChI is InChI=1S/C25H48N2O4/c1-2-26-27(22-21-25(30)31)24(29)20-18-16-14-12-10-8-6-4-3-5-7-9-11-13-15-17-19-23-28/h23,26H,2-22H2,1H3,(H,30,31). The highest BCUT2D eigenvalue weighted by atomic mass is 16.4. The monoisotopic (exact) mass is 440 g/mol. The van der Waals surface area contributed by atoms with Crippen LogP contribution in [0.4, 0.5) is 0 Å².